The lowest BCUT2D eigenvalue weighted by molar-refractivity contribution is 0.0794. The maximum atomic E-state index is 12.1. The summed E-state index contributed by atoms with van der Waals surface area (Å²) in [6.07, 6.45) is 5.18. The molecule has 3 nitrogen and oxygen atoms in total. The van der Waals surface area contributed by atoms with E-state index < -0.39 is 0 Å². The van der Waals surface area contributed by atoms with E-state index in [9.17, 15) is 4.79 Å². The van der Waals surface area contributed by atoms with E-state index in [-0.39, 0.29) is 19.0 Å². The highest BCUT2D eigenvalue weighted by molar-refractivity contribution is 14.1. The fourth-order valence-corrected chi connectivity index (χ4v) is 2.13. The second-order valence-electron chi connectivity index (χ2n) is 3.15. The average molecular weight is 403 g/mol. The van der Waals surface area contributed by atoms with Gasteiger partial charge < -0.3 is 4.90 Å². The summed E-state index contributed by atoms with van der Waals surface area (Å²) in [6, 6.07) is 7.37. The maximum Gasteiger partial charge on any atom is 0.256 e. The monoisotopic (exact) mass is 402 g/mol. The molecule has 0 aliphatic rings. The van der Waals surface area contributed by atoms with Gasteiger partial charge in [0.25, 0.3) is 5.91 Å². The number of terminal acetylenes is 1. The van der Waals surface area contributed by atoms with E-state index in [1.165, 1.54) is 4.90 Å². The average Bonchev–Trinajstić information content (AvgIpc) is 2.31. The van der Waals surface area contributed by atoms with E-state index in [1.807, 2.05) is 12.1 Å². The summed E-state index contributed by atoms with van der Waals surface area (Å²) >= 11 is 5.44. The maximum absolute atomic E-state index is 12.1. The lowest BCUT2D eigenvalue weighted by atomic mass is 10.2. The van der Waals surface area contributed by atoms with Gasteiger partial charge in [-0.25, -0.2) is 0 Å². The number of hydrogen-bond donors (Lipinski definition) is 0. The zero-order valence-electron chi connectivity index (χ0n) is 8.78. The number of nitrogens with zero attached hydrogens (tertiary/aromatic N) is 2. The Morgan fingerprint density at radius 3 is 2.82 bits per heavy atom. The topological polar surface area (TPSA) is 44.1 Å². The third-order valence-corrected chi connectivity index (χ3v) is 3.35. The Morgan fingerprint density at radius 2 is 2.24 bits per heavy atom. The Kier molecular flexibility index (Phi) is 5.46. The summed E-state index contributed by atoms with van der Waals surface area (Å²) in [7, 11) is 0. The number of carbonyl (C=O) groups excluding carboxylic acids is 1. The molecular weight excluding hydrogens is 395 g/mol. The molecule has 0 N–H and O–H groups in total. The van der Waals surface area contributed by atoms with Crippen molar-refractivity contribution in [2.45, 2.75) is 0 Å². The van der Waals surface area contributed by atoms with Crippen LogP contribution in [0.3, 0.4) is 0 Å². The van der Waals surface area contributed by atoms with Gasteiger partial charge in [-0.05, 0) is 56.7 Å². The standard InChI is InChI=1S/C12H8BrIN2O/c1-2-6-16(7-5-15)12(17)10-8-9(14)3-4-11(10)13/h1,3-4,8H,6-7H2. The van der Waals surface area contributed by atoms with Gasteiger partial charge in [-0.15, -0.1) is 6.42 Å². The molecule has 1 aromatic rings. The molecule has 0 atom stereocenters. The molecule has 0 saturated carbocycles. The van der Waals surface area contributed by atoms with Crippen molar-refractivity contribution in [3.05, 3.63) is 31.8 Å². The highest BCUT2D eigenvalue weighted by Crippen LogP contribution is 2.21. The molecule has 1 rings (SSSR count). The fourth-order valence-electron chi connectivity index (χ4n) is 1.23. The largest absolute Gasteiger partial charge is 0.314 e. The van der Waals surface area contributed by atoms with Crippen LogP contribution in [0.5, 0.6) is 0 Å². The van der Waals surface area contributed by atoms with Crippen molar-refractivity contribution in [3.63, 3.8) is 0 Å². The molecule has 0 spiro atoms. The number of hydrogen-bond acceptors (Lipinski definition) is 2. The third-order valence-electron chi connectivity index (χ3n) is 1.99. The molecule has 0 saturated heterocycles. The summed E-state index contributed by atoms with van der Waals surface area (Å²) in [4.78, 5) is 13.5. The molecule has 1 amide bonds. The molecule has 1 aromatic carbocycles. The van der Waals surface area contributed by atoms with Crippen molar-refractivity contribution in [2.24, 2.45) is 0 Å². The first-order chi connectivity index (χ1) is 8.10. The van der Waals surface area contributed by atoms with Crippen LogP contribution in [-0.4, -0.2) is 23.9 Å². The minimum absolute atomic E-state index is 0.0129. The van der Waals surface area contributed by atoms with E-state index in [4.69, 9.17) is 11.7 Å². The van der Waals surface area contributed by atoms with Crippen molar-refractivity contribution in [3.8, 4) is 18.4 Å². The van der Waals surface area contributed by atoms with Gasteiger partial charge >= 0.3 is 0 Å². The zero-order valence-corrected chi connectivity index (χ0v) is 12.5. The molecule has 86 valence electrons. The lowest BCUT2D eigenvalue weighted by Gasteiger charge is -2.17. The number of rotatable bonds is 3. The van der Waals surface area contributed by atoms with E-state index in [1.54, 1.807) is 12.1 Å². The second kappa shape index (κ2) is 6.63. The van der Waals surface area contributed by atoms with Crippen molar-refractivity contribution in [2.75, 3.05) is 13.1 Å². The van der Waals surface area contributed by atoms with Crippen LogP contribution in [0.15, 0.2) is 22.7 Å². The summed E-state index contributed by atoms with van der Waals surface area (Å²) < 4.78 is 1.65. The normalized spacial score (nSPS) is 9.18. The molecule has 0 unspecified atom stereocenters. The van der Waals surface area contributed by atoms with Gasteiger partial charge in [0.1, 0.15) is 6.54 Å². The number of carbonyl (C=O) groups is 1. The highest BCUT2D eigenvalue weighted by Gasteiger charge is 2.17. The van der Waals surface area contributed by atoms with Gasteiger partial charge in [0, 0.05) is 8.04 Å². The number of benzene rings is 1. The van der Waals surface area contributed by atoms with E-state index in [2.05, 4.69) is 44.4 Å². The Morgan fingerprint density at radius 1 is 1.53 bits per heavy atom. The quantitative estimate of drug-likeness (QED) is 0.443. The predicted octanol–water partition coefficient (Wildman–Crippen LogP) is 2.65. The van der Waals surface area contributed by atoms with Gasteiger partial charge in [-0.3, -0.25) is 4.79 Å². The van der Waals surface area contributed by atoms with Gasteiger partial charge in [-0.1, -0.05) is 5.92 Å². The van der Waals surface area contributed by atoms with Crippen molar-refractivity contribution in [1.82, 2.24) is 4.90 Å². The number of amides is 1. The molecule has 0 aromatic heterocycles. The lowest BCUT2D eigenvalue weighted by Crippen LogP contribution is -2.32. The first kappa shape index (κ1) is 14.0. The Bertz CT molecular complexity index is 500. The molecule has 0 aliphatic heterocycles. The highest BCUT2D eigenvalue weighted by atomic mass is 127. The fraction of sp³-hybridized carbons (Fsp3) is 0.167. The minimum atomic E-state index is -0.241. The Hall–Kier alpha value is -1.05. The van der Waals surface area contributed by atoms with Gasteiger partial charge in [0.2, 0.25) is 0 Å². The summed E-state index contributed by atoms with van der Waals surface area (Å²) in [5.74, 6) is 2.13. The van der Waals surface area contributed by atoms with Crippen LogP contribution in [-0.2, 0) is 0 Å². The van der Waals surface area contributed by atoms with E-state index >= 15 is 0 Å². The van der Waals surface area contributed by atoms with Crippen LogP contribution in [0.2, 0.25) is 0 Å². The predicted molar refractivity (Wildman–Crippen MR) is 77.2 cm³/mol. The molecule has 5 heteroatoms. The number of halogens is 2. The van der Waals surface area contributed by atoms with Crippen LogP contribution in [0, 0.1) is 27.2 Å². The summed E-state index contributed by atoms with van der Waals surface area (Å²) in [5.41, 5.74) is 0.516. The van der Waals surface area contributed by atoms with Gasteiger partial charge in [0.15, 0.2) is 0 Å². The van der Waals surface area contributed by atoms with E-state index in [0.717, 1.165) is 3.57 Å². The molecule has 0 heterocycles. The zero-order chi connectivity index (χ0) is 12.8. The summed E-state index contributed by atoms with van der Waals surface area (Å²) in [5, 5.41) is 8.66. The third kappa shape index (κ3) is 3.72. The minimum Gasteiger partial charge on any atom is -0.314 e. The van der Waals surface area contributed by atoms with Gasteiger partial charge in [-0.2, -0.15) is 5.26 Å². The smallest absolute Gasteiger partial charge is 0.256 e. The number of nitriles is 1. The van der Waals surface area contributed by atoms with Crippen LogP contribution in [0.25, 0.3) is 0 Å². The molecule has 0 fully saturated rings. The molecule has 17 heavy (non-hydrogen) atoms. The molecular formula is C12H8BrIN2O. The van der Waals surface area contributed by atoms with Crippen LogP contribution >= 0.6 is 38.5 Å². The van der Waals surface area contributed by atoms with Gasteiger partial charge in [0.05, 0.1) is 18.2 Å². The van der Waals surface area contributed by atoms with Crippen LogP contribution < -0.4 is 0 Å². The second-order valence-corrected chi connectivity index (χ2v) is 5.25. The molecule has 0 radical (unpaired) electrons. The Balaban J connectivity index is 3.06. The Labute approximate surface area is 122 Å². The molecule has 0 bridgehead atoms. The van der Waals surface area contributed by atoms with Crippen molar-refractivity contribution in [1.29, 1.82) is 5.26 Å². The van der Waals surface area contributed by atoms with Crippen LogP contribution in [0.4, 0.5) is 0 Å². The SMILES string of the molecule is C#CCN(CC#N)C(=O)c1cc(I)ccc1Br. The van der Waals surface area contributed by atoms with Crippen molar-refractivity contribution < 1.29 is 4.79 Å². The van der Waals surface area contributed by atoms with Crippen LogP contribution in [0.1, 0.15) is 10.4 Å². The van der Waals surface area contributed by atoms with E-state index in [0.29, 0.717) is 10.0 Å². The first-order valence-corrected chi connectivity index (χ1v) is 6.52. The summed E-state index contributed by atoms with van der Waals surface area (Å²) in [6.45, 7) is 0.116. The first-order valence-electron chi connectivity index (χ1n) is 4.65. The molecule has 0 aliphatic carbocycles. The van der Waals surface area contributed by atoms with Crippen molar-refractivity contribution >= 4 is 44.4 Å².